The first-order chi connectivity index (χ1) is 8.60. The lowest BCUT2D eigenvalue weighted by atomic mass is 10.1. The summed E-state index contributed by atoms with van der Waals surface area (Å²) in [6.45, 7) is 7.18. The molecule has 96 valence electrons. The minimum absolute atomic E-state index is 0.471. The van der Waals surface area contributed by atoms with Crippen molar-refractivity contribution in [2.75, 3.05) is 7.11 Å². The summed E-state index contributed by atoms with van der Waals surface area (Å²) in [6.07, 6.45) is 0. The lowest BCUT2D eigenvalue weighted by molar-refractivity contribution is 0.415. The fourth-order valence-corrected chi connectivity index (χ4v) is 2.01. The largest absolute Gasteiger partial charge is 0.497 e. The number of nitrogens with zero attached hydrogens (tertiary/aromatic N) is 1. The molecule has 0 aliphatic rings. The molecule has 0 aliphatic heterocycles. The average molecular weight is 244 g/mol. The second-order valence-electron chi connectivity index (χ2n) is 4.84. The van der Waals surface area contributed by atoms with Gasteiger partial charge in [0.05, 0.1) is 12.6 Å². The molecular weight excluding hydrogens is 224 g/mol. The van der Waals surface area contributed by atoms with Crippen LogP contribution in [0.4, 0.5) is 0 Å². The highest BCUT2D eigenvalue weighted by Gasteiger charge is 2.06. The normalized spacial score (nSPS) is 11.2. The van der Waals surface area contributed by atoms with Crippen LogP contribution in [-0.4, -0.2) is 18.1 Å². The smallest absolute Gasteiger partial charge is 0.119 e. The van der Waals surface area contributed by atoms with Gasteiger partial charge in [0.1, 0.15) is 5.75 Å². The van der Waals surface area contributed by atoms with Gasteiger partial charge in [0.25, 0.3) is 0 Å². The zero-order valence-electron chi connectivity index (χ0n) is 11.4. The second kappa shape index (κ2) is 5.36. The summed E-state index contributed by atoms with van der Waals surface area (Å²) >= 11 is 0. The van der Waals surface area contributed by atoms with Crippen LogP contribution in [0, 0.1) is 6.92 Å². The molecule has 0 saturated heterocycles. The molecule has 0 amide bonds. The minimum atomic E-state index is 0.471. The molecule has 1 N–H and O–H groups in total. The van der Waals surface area contributed by atoms with E-state index in [0.29, 0.717) is 6.04 Å². The number of hydrogen-bond acceptors (Lipinski definition) is 3. The van der Waals surface area contributed by atoms with E-state index in [-0.39, 0.29) is 0 Å². The third-order valence-electron chi connectivity index (χ3n) is 2.93. The quantitative estimate of drug-likeness (QED) is 0.897. The molecule has 2 rings (SSSR count). The third kappa shape index (κ3) is 2.79. The first-order valence-corrected chi connectivity index (χ1v) is 6.28. The van der Waals surface area contributed by atoms with E-state index in [9.17, 15) is 0 Å². The summed E-state index contributed by atoms with van der Waals surface area (Å²) in [7, 11) is 1.69. The third-order valence-corrected chi connectivity index (χ3v) is 2.93. The van der Waals surface area contributed by atoms with Gasteiger partial charge in [-0.05, 0) is 36.8 Å². The van der Waals surface area contributed by atoms with Crippen molar-refractivity contribution in [2.45, 2.75) is 33.4 Å². The summed E-state index contributed by atoms with van der Waals surface area (Å²) in [4.78, 5) is 4.56. The number of benzene rings is 1. The molecular formula is C15H20N2O. The molecule has 1 aromatic heterocycles. The first-order valence-electron chi connectivity index (χ1n) is 6.28. The SMILES string of the molecule is COc1ccc2nc(C)cc(CNC(C)C)c2c1. The Bertz CT molecular complexity index is 549. The van der Waals surface area contributed by atoms with E-state index in [1.165, 1.54) is 5.56 Å². The van der Waals surface area contributed by atoms with Gasteiger partial charge < -0.3 is 10.1 Å². The van der Waals surface area contributed by atoms with Gasteiger partial charge in [-0.15, -0.1) is 0 Å². The zero-order chi connectivity index (χ0) is 13.1. The summed E-state index contributed by atoms with van der Waals surface area (Å²) in [6, 6.07) is 8.63. The number of ether oxygens (including phenoxy) is 1. The standard InChI is InChI=1S/C15H20N2O/c1-10(2)16-9-12-7-11(3)17-15-6-5-13(18-4)8-14(12)15/h5-8,10,16H,9H2,1-4H3. The number of aromatic nitrogens is 1. The monoisotopic (exact) mass is 244 g/mol. The molecule has 3 heteroatoms. The van der Waals surface area contributed by atoms with E-state index in [2.05, 4.69) is 36.3 Å². The van der Waals surface area contributed by atoms with Gasteiger partial charge in [-0.3, -0.25) is 4.98 Å². The van der Waals surface area contributed by atoms with E-state index in [1.807, 2.05) is 19.1 Å². The maximum Gasteiger partial charge on any atom is 0.119 e. The van der Waals surface area contributed by atoms with Crippen molar-refractivity contribution in [3.05, 3.63) is 35.5 Å². The van der Waals surface area contributed by atoms with E-state index in [0.717, 1.165) is 28.9 Å². The highest BCUT2D eigenvalue weighted by Crippen LogP contribution is 2.23. The number of methoxy groups -OCH3 is 1. The summed E-state index contributed by atoms with van der Waals surface area (Å²) < 4.78 is 5.28. The number of nitrogens with one attached hydrogen (secondary N) is 1. The number of pyridine rings is 1. The van der Waals surface area contributed by atoms with Crippen molar-refractivity contribution in [1.82, 2.24) is 10.3 Å². The summed E-state index contributed by atoms with van der Waals surface area (Å²) in [5.74, 6) is 0.874. The van der Waals surface area contributed by atoms with Crippen molar-refractivity contribution < 1.29 is 4.74 Å². The number of aryl methyl sites for hydroxylation is 1. The molecule has 0 spiro atoms. The van der Waals surface area contributed by atoms with Gasteiger partial charge in [-0.25, -0.2) is 0 Å². The Hall–Kier alpha value is -1.61. The fourth-order valence-electron chi connectivity index (χ4n) is 2.01. The number of rotatable bonds is 4. The fraction of sp³-hybridized carbons (Fsp3) is 0.400. The molecule has 0 saturated carbocycles. The maximum atomic E-state index is 5.28. The van der Waals surface area contributed by atoms with E-state index < -0.39 is 0 Å². The second-order valence-corrected chi connectivity index (χ2v) is 4.84. The molecule has 2 aromatic rings. The van der Waals surface area contributed by atoms with Gasteiger partial charge >= 0.3 is 0 Å². The molecule has 1 aromatic carbocycles. The molecule has 3 nitrogen and oxygen atoms in total. The predicted octanol–water partition coefficient (Wildman–Crippen LogP) is 3.05. The Labute approximate surface area is 108 Å². The molecule has 0 atom stereocenters. The number of fused-ring (bicyclic) bond motifs is 1. The summed E-state index contributed by atoms with van der Waals surface area (Å²) in [5, 5.41) is 4.61. The molecule has 1 heterocycles. The van der Waals surface area contributed by atoms with Crippen LogP contribution in [0.25, 0.3) is 10.9 Å². The molecule has 0 unspecified atom stereocenters. The van der Waals surface area contributed by atoms with Crippen LogP contribution in [-0.2, 0) is 6.54 Å². The van der Waals surface area contributed by atoms with Crippen LogP contribution in [0.1, 0.15) is 25.1 Å². The van der Waals surface area contributed by atoms with Gasteiger partial charge in [-0.1, -0.05) is 13.8 Å². The van der Waals surface area contributed by atoms with E-state index in [4.69, 9.17) is 4.74 Å². The highest BCUT2D eigenvalue weighted by atomic mass is 16.5. The zero-order valence-corrected chi connectivity index (χ0v) is 11.4. The number of hydrogen-bond donors (Lipinski definition) is 1. The Morgan fingerprint density at radius 1 is 1.28 bits per heavy atom. The maximum absolute atomic E-state index is 5.28. The molecule has 0 radical (unpaired) electrons. The van der Waals surface area contributed by atoms with Gasteiger partial charge in [0, 0.05) is 23.7 Å². The summed E-state index contributed by atoms with van der Waals surface area (Å²) in [5.41, 5.74) is 3.34. The van der Waals surface area contributed by atoms with Crippen LogP contribution in [0.2, 0.25) is 0 Å². The molecule has 0 bridgehead atoms. The Balaban J connectivity index is 2.47. The van der Waals surface area contributed by atoms with Gasteiger partial charge in [0.2, 0.25) is 0 Å². The van der Waals surface area contributed by atoms with Crippen LogP contribution in [0.15, 0.2) is 24.3 Å². The Kier molecular flexibility index (Phi) is 3.82. The van der Waals surface area contributed by atoms with Gasteiger partial charge in [-0.2, -0.15) is 0 Å². The first kappa shape index (κ1) is 12.8. The topological polar surface area (TPSA) is 34.1 Å². The van der Waals surface area contributed by atoms with E-state index in [1.54, 1.807) is 7.11 Å². The van der Waals surface area contributed by atoms with Crippen molar-refractivity contribution in [3.8, 4) is 5.75 Å². The van der Waals surface area contributed by atoms with Crippen LogP contribution >= 0.6 is 0 Å². The van der Waals surface area contributed by atoms with Crippen molar-refractivity contribution in [2.24, 2.45) is 0 Å². The van der Waals surface area contributed by atoms with Crippen molar-refractivity contribution in [1.29, 1.82) is 0 Å². The highest BCUT2D eigenvalue weighted by molar-refractivity contribution is 5.83. The lowest BCUT2D eigenvalue weighted by Crippen LogP contribution is -2.22. The minimum Gasteiger partial charge on any atom is -0.497 e. The van der Waals surface area contributed by atoms with Crippen molar-refractivity contribution in [3.63, 3.8) is 0 Å². The van der Waals surface area contributed by atoms with Gasteiger partial charge in [0.15, 0.2) is 0 Å². The molecule has 0 fully saturated rings. The van der Waals surface area contributed by atoms with Crippen LogP contribution < -0.4 is 10.1 Å². The van der Waals surface area contributed by atoms with Crippen molar-refractivity contribution >= 4 is 10.9 Å². The molecule has 18 heavy (non-hydrogen) atoms. The molecule has 0 aliphatic carbocycles. The Morgan fingerprint density at radius 2 is 2.06 bits per heavy atom. The van der Waals surface area contributed by atoms with Crippen LogP contribution in [0.3, 0.4) is 0 Å². The average Bonchev–Trinajstić information content (AvgIpc) is 2.35. The van der Waals surface area contributed by atoms with E-state index >= 15 is 0 Å². The Morgan fingerprint density at radius 3 is 2.72 bits per heavy atom. The predicted molar refractivity (Wildman–Crippen MR) is 75.0 cm³/mol. The lowest BCUT2D eigenvalue weighted by Gasteiger charge is -2.12. The van der Waals surface area contributed by atoms with Crippen LogP contribution in [0.5, 0.6) is 5.75 Å².